The second-order valence-corrected chi connectivity index (χ2v) is 9.04. The lowest BCUT2D eigenvalue weighted by molar-refractivity contribution is -0.137. The van der Waals surface area contributed by atoms with Crippen LogP contribution >= 0.6 is 11.3 Å². The van der Waals surface area contributed by atoms with Gasteiger partial charge in [-0.25, -0.2) is 4.98 Å². The first-order valence-corrected chi connectivity index (χ1v) is 11.1. The summed E-state index contributed by atoms with van der Waals surface area (Å²) < 4.78 is 1.64. The maximum absolute atomic E-state index is 13.7. The number of carboxylic acids is 1. The van der Waals surface area contributed by atoms with Gasteiger partial charge in [0, 0.05) is 29.0 Å². The van der Waals surface area contributed by atoms with Gasteiger partial charge in [0.2, 0.25) is 0 Å². The molecule has 158 valence electrons. The minimum atomic E-state index is -0.870. The fraction of sp³-hybridized carbons (Fsp3) is 0.240. The van der Waals surface area contributed by atoms with Gasteiger partial charge in [0.15, 0.2) is 0 Å². The molecule has 0 radical (unpaired) electrons. The zero-order valence-electron chi connectivity index (χ0n) is 17.8. The molecular weight excluding hydrogens is 408 g/mol. The summed E-state index contributed by atoms with van der Waals surface area (Å²) in [5, 5.41) is 9.68. The summed E-state index contributed by atoms with van der Waals surface area (Å²) in [6.07, 6.45) is 0.371. The van der Waals surface area contributed by atoms with Gasteiger partial charge in [0.1, 0.15) is 10.7 Å². The molecule has 2 aromatic heterocycles. The van der Waals surface area contributed by atoms with Crippen LogP contribution < -0.4 is 5.56 Å². The van der Waals surface area contributed by atoms with E-state index in [9.17, 15) is 9.59 Å². The summed E-state index contributed by atoms with van der Waals surface area (Å²) in [6.45, 7) is 6.37. The number of thiophene rings is 1. The zero-order chi connectivity index (χ0) is 22.1. The Morgan fingerprint density at radius 1 is 0.968 bits per heavy atom. The van der Waals surface area contributed by atoms with Crippen LogP contribution in [-0.4, -0.2) is 20.6 Å². The van der Waals surface area contributed by atoms with Gasteiger partial charge in [-0.1, -0.05) is 59.7 Å². The summed E-state index contributed by atoms with van der Waals surface area (Å²) in [5.74, 6) is -0.287. The van der Waals surface area contributed by atoms with E-state index in [-0.39, 0.29) is 12.0 Å². The second kappa shape index (κ2) is 8.47. The molecule has 0 aliphatic carbocycles. The maximum atomic E-state index is 13.7. The molecule has 0 aliphatic rings. The molecule has 0 aliphatic heterocycles. The van der Waals surface area contributed by atoms with Crippen LogP contribution in [0.5, 0.6) is 0 Å². The third-order valence-electron chi connectivity index (χ3n) is 5.41. The molecule has 0 atom stereocenters. The lowest BCUT2D eigenvalue weighted by atomic mass is 10.0. The van der Waals surface area contributed by atoms with Gasteiger partial charge in [-0.3, -0.25) is 14.2 Å². The standard InChI is InChI=1S/C25H24N2O3S/c1-15-6-10-18(11-7-15)21-17(3)31-24-22(21)25(30)27(14-4-5-20(28)29)23(26-24)19-12-8-16(2)9-13-19/h6-13H,4-5,14H2,1-3H3,(H,28,29). The van der Waals surface area contributed by atoms with Crippen LogP contribution in [0.3, 0.4) is 0 Å². The molecule has 4 rings (SSSR count). The average Bonchev–Trinajstić information content (AvgIpc) is 3.07. The molecule has 0 saturated heterocycles. The van der Waals surface area contributed by atoms with Crippen LogP contribution in [0.1, 0.15) is 28.8 Å². The topological polar surface area (TPSA) is 72.2 Å². The number of carbonyl (C=O) groups is 1. The van der Waals surface area contributed by atoms with E-state index < -0.39 is 5.97 Å². The molecule has 0 unspecified atom stereocenters. The molecule has 5 nitrogen and oxygen atoms in total. The fourth-order valence-corrected chi connectivity index (χ4v) is 4.82. The average molecular weight is 433 g/mol. The third-order valence-corrected chi connectivity index (χ3v) is 6.41. The molecule has 0 spiro atoms. The first kappa shape index (κ1) is 21.0. The van der Waals surface area contributed by atoms with Crippen molar-refractivity contribution in [3.63, 3.8) is 0 Å². The molecule has 0 bridgehead atoms. The number of rotatable bonds is 6. The van der Waals surface area contributed by atoms with Crippen molar-refractivity contribution < 1.29 is 9.90 Å². The van der Waals surface area contributed by atoms with E-state index in [0.29, 0.717) is 29.0 Å². The molecule has 2 heterocycles. The van der Waals surface area contributed by atoms with Gasteiger partial charge in [-0.05, 0) is 32.8 Å². The monoisotopic (exact) mass is 432 g/mol. The normalized spacial score (nSPS) is 11.2. The van der Waals surface area contributed by atoms with Gasteiger partial charge < -0.3 is 5.11 Å². The Labute approximate surface area is 184 Å². The lowest BCUT2D eigenvalue weighted by Crippen LogP contribution is -2.24. The fourth-order valence-electron chi connectivity index (χ4n) is 3.78. The van der Waals surface area contributed by atoms with Crippen LogP contribution in [0.15, 0.2) is 53.3 Å². The van der Waals surface area contributed by atoms with E-state index in [1.165, 1.54) is 11.3 Å². The van der Waals surface area contributed by atoms with Gasteiger partial charge >= 0.3 is 5.97 Å². The molecule has 1 N–H and O–H groups in total. The Morgan fingerprint density at radius 3 is 2.13 bits per heavy atom. The minimum absolute atomic E-state index is 0.00526. The highest BCUT2D eigenvalue weighted by molar-refractivity contribution is 7.19. The molecule has 6 heteroatoms. The Balaban J connectivity index is 1.95. The highest BCUT2D eigenvalue weighted by Gasteiger charge is 2.20. The number of aliphatic carboxylic acids is 1. The SMILES string of the molecule is Cc1ccc(-c2c(C)sc3nc(-c4ccc(C)cc4)n(CCCC(=O)O)c(=O)c23)cc1. The quantitative estimate of drug-likeness (QED) is 0.432. The van der Waals surface area contributed by atoms with Crippen LogP contribution in [0.4, 0.5) is 0 Å². The Hall–Kier alpha value is -3.25. The van der Waals surface area contributed by atoms with Crippen molar-refractivity contribution >= 4 is 27.5 Å². The first-order valence-electron chi connectivity index (χ1n) is 10.2. The van der Waals surface area contributed by atoms with E-state index in [1.807, 2.05) is 69.3 Å². The van der Waals surface area contributed by atoms with Crippen molar-refractivity contribution in [2.75, 3.05) is 0 Å². The zero-order valence-corrected chi connectivity index (χ0v) is 18.6. The Bertz CT molecular complexity index is 1320. The van der Waals surface area contributed by atoms with Gasteiger partial charge in [-0.2, -0.15) is 0 Å². The van der Waals surface area contributed by atoms with Crippen molar-refractivity contribution in [1.29, 1.82) is 0 Å². The number of hydrogen-bond acceptors (Lipinski definition) is 4. The van der Waals surface area contributed by atoms with Crippen LogP contribution in [0, 0.1) is 20.8 Å². The van der Waals surface area contributed by atoms with Crippen molar-refractivity contribution in [2.45, 2.75) is 40.2 Å². The van der Waals surface area contributed by atoms with Crippen LogP contribution in [0.25, 0.3) is 32.7 Å². The molecule has 0 amide bonds. The van der Waals surface area contributed by atoms with Crippen molar-refractivity contribution in [3.8, 4) is 22.5 Å². The second-order valence-electron chi connectivity index (χ2n) is 7.83. The predicted molar refractivity (Wildman–Crippen MR) is 126 cm³/mol. The number of fused-ring (bicyclic) bond motifs is 1. The first-order chi connectivity index (χ1) is 14.8. The molecule has 0 saturated carbocycles. The summed E-state index contributed by atoms with van der Waals surface area (Å²) in [7, 11) is 0. The van der Waals surface area contributed by atoms with Gasteiger partial charge in [0.25, 0.3) is 5.56 Å². The van der Waals surface area contributed by atoms with E-state index in [0.717, 1.165) is 32.7 Å². The van der Waals surface area contributed by atoms with E-state index in [1.54, 1.807) is 4.57 Å². The molecule has 31 heavy (non-hydrogen) atoms. The number of hydrogen-bond donors (Lipinski definition) is 1. The molecule has 4 aromatic rings. The maximum Gasteiger partial charge on any atom is 0.303 e. The third kappa shape index (κ3) is 4.16. The highest BCUT2D eigenvalue weighted by Crippen LogP contribution is 2.36. The highest BCUT2D eigenvalue weighted by atomic mass is 32.1. The van der Waals surface area contributed by atoms with E-state index >= 15 is 0 Å². The van der Waals surface area contributed by atoms with Crippen molar-refractivity contribution in [2.24, 2.45) is 0 Å². The predicted octanol–water partition coefficient (Wildman–Crippen LogP) is 5.58. The minimum Gasteiger partial charge on any atom is -0.481 e. The van der Waals surface area contributed by atoms with Crippen LogP contribution in [0.2, 0.25) is 0 Å². The summed E-state index contributed by atoms with van der Waals surface area (Å²) in [6, 6.07) is 16.0. The largest absolute Gasteiger partial charge is 0.481 e. The number of aromatic nitrogens is 2. The Kier molecular flexibility index (Phi) is 5.74. The van der Waals surface area contributed by atoms with Crippen LogP contribution in [-0.2, 0) is 11.3 Å². The summed E-state index contributed by atoms with van der Waals surface area (Å²) >= 11 is 1.52. The van der Waals surface area contributed by atoms with Crippen molar-refractivity contribution in [3.05, 3.63) is 74.9 Å². The summed E-state index contributed by atoms with van der Waals surface area (Å²) in [5.41, 5.74) is 4.92. The smallest absolute Gasteiger partial charge is 0.303 e. The lowest BCUT2D eigenvalue weighted by Gasteiger charge is -2.13. The van der Waals surface area contributed by atoms with E-state index in [4.69, 9.17) is 10.1 Å². The van der Waals surface area contributed by atoms with Gasteiger partial charge in [-0.15, -0.1) is 11.3 Å². The number of nitrogens with zero attached hydrogens (tertiary/aromatic N) is 2. The summed E-state index contributed by atoms with van der Waals surface area (Å²) in [4.78, 5) is 31.4. The Morgan fingerprint density at radius 2 is 1.55 bits per heavy atom. The number of carboxylic acid groups (broad SMARTS) is 1. The van der Waals surface area contributed by atoms with E-state index in [2.05, 4.69) is 0 Å². The number of aryl methyl sites for hydroxylation is 3. The van der Waals surface area contributed by atoms with Crippen molar-refractivity contribution in [1.82, 2.24) is 9.55 Å². The molecular formula is C25H24N2O3S. The molecule has 2 aromatic carbocycles. The van der Waals surface area contributed by atoms with Gasteiger partial charge in [0.05, 0.1) is 5.39 Å². The number of benzene rings is 2. The molecule has 0 fully saturated rings.